The predicted molar refractivity (Wildman–Crippen MR) is 80.5 cm³/mol. The molecule has 2 unspecified atom stereocenters. The zero-order valence-electron chi connectivity index (χ0n) is 12.5. The van der Waals surface area contributed by atoms with E-state index in [0.29, 0.717) is 6.42 Å². The zero-order valence-corrected chi connectivity index (χ0v) is 12.5. The summed E-state index contributed by atoms with van der Waals surface area (Å²) >= 11 is 0. The Kier molecular flexibility index (Phi) is 4.81. The van der Waals surface area contributed by atoms with Gasteiger partial charge in [-0.25, -0.2) is 0 Å². The van der Waals surface area contributed by atoms with Crippen LogP contribution in [-0.2, 0) is 11.2 Å². The quantitative estimate of drug-likeness (QED) is 0.868. The summed E-state index contributed by atoms with van der Waals surface area (Å²) in [5.41, 5.74) is 2.33. The number of aryl methyl sites for hydroxylation is 2. The first-order valence-corrected chi connectivity index (χ1v) is 7.50. The SMILES string of the molecule is Cc1ccccc1CCC(=O)NC1CCCC1(C)CO. The minimum atomic E-state index is -0.141. The van der Waals surface area contributed by atoms with Crippen LogP contribution in [0.3, 0.4) is 0 Å². The van der Waals surface area contributed by atoms with E-state index in [-0.39, 0.29) is 24.0 Å². The van der Waals surface area contributed by atoms with E-state index in [1.54, 1.807) is 0 Å². The van der Waals surface area contributed by atoms with E-state index in [0.717, 1.165) is 25.7 Å². The number of benzene rings is 1. The molecular weight excluding hydrogens is 250 g/mol. The third kappa shape index (κ3) is 3.40. The average Bonchev–Trinajstić information content (AvgIpc) is 2.80. The van der Waals surface area contributed by atoms with Crippen LogP contribution in [0.2, 0.25) is 0 Å². The average molecular weight is 275 g/mol. The maximum Gasteiger partial charge on any atom is 0.220 e. The highest BCUT2D eigenvalue weighted by atomic mass is 16.3. The predicted octanol–water partition coefficient (Wildman–Crippen LogP) is 2.59. The van der Waals surface area contributed by atoms with Crippen LogP contribution in [0.5, 0.6) is 0 Å². The Morgan fingerprint density at radius 3 is 2.90 bits per heavy atom. The van der Waals surface area contributed by atoms with Crippen molar-refractivity contribution in [3.63, 3.8) is 0 Å². The van der Waals surface area contributed by atoms with Crippen molar-refractivity contribution in [2.75, 3.05) is 6.61 Å². The monoisotopic (exact) mass is 275 g/mol. The minimum Gasteiger partial charge on any atom is -0.396 e. The fraction of sp³-hybridized carbons (Fsp3) is 0.588. The molecule has 0 heterocycles. The molecule has 0 radical (unpaired) electrons. The van der Waals surface area contributed by atoms with Gasteiger partial charge in [0.15, 0.2) is 0 Å². The summed E-state index contributed by atoms with van der Waals surface area (Å²) in [6.45, 7) is 4.29. The fourth-order valence-corrected chi connectivity index (χ4v) is 3.07. The number of amides is 1. The standard InChI is InChI=1S/C17H25NO2/c1-13-6-3-4-7-14(13)9-10-16(20)18-15-8-5-11-17(15,2)12-19/h3-4,6-7,15,19H,5,8-12H2,1-2H3,(H,18,20). The maximum atomic E-state index is 12.1. The van der Waals surface area contributed by atoms with Crippen molar-refractivity contribution in [1.29, 1.82) is 0 Å². The number of carbonyl (C=O) groups is 1. The van der Waals surface area contributed by atoms with E-state index < -0.39 is 0 Å². The van der Waals surface area contributed by atoms with Crippen LogP contribution in [-0.4, -0.2) is 23.7 Å². The molecule has 20 heavy (non-hydrogen) atoms. The Bertz CT molecular complexity index is 472. The molecule has 2 atom stereocenters. The van der Waals surface area contributed by atoms with Crippen LogP contribution < -0.4 is 5.32 Å². The van der Waals surface area contributed by atoms with E-state index in [1.165, 1.54) is 11.1 Å². The first-order chi connectivity index (χ1) is 9.55. The summed E-state index contributed by atoms with van der Waals surface area (Å²) in [5, 5.41) is 12.6. The van der Waals surface area contributed by atoms with Gasteiger partial charge in [-0.15, -0.1) is 0 Å². The normalized spacial score (nSPS) is 25.6. The number of aliphatic hydroxyl groups excluding tert-OH is 1. The maximum absolute atomic E-state index is 12.1. The number of rotatable bonds is 5. The van der Waals surface area contributed by atoms with Gasteiger partial charge in [0, 0.05) is 17.9 Å². The van der Waals surface area contributed by atoms with Crippen LogP contribution in [0.4, 0.5) is 0 Å². The second kappa shape index (κ2) is 6.40. The number of hydrogen-bond donors (Lipinski definition) is 2. The summed E-state index contributed by atoms with van der Waals surface area (Å²) in [6, 6.07) is 8.31. The first-order valence-electron chi connectivity index (χ1n) is 7.50. The summed E-state index contributed by atoms with van der Waals surface area (Å²) in [6.07, 6.45) is 4.35. The van der Waals surface area contributed by atoms with Crippen LogP contribution >= 0.6 is 0 Å². The molecule has 110 valence electrons. The van der Waals surface area contributed by atoms with E-state index in [1.807, 2.05) is 12.1 Å². The first kappa shape index (κ1) is 15.0. The molecule has 1 aromatic rings. The number of nitrogens with one attached hydrogen (secondary N) is 1. The lowest BCUT2D eigenvalue weighted by molar-refractivity contribution is -0.122. The highest BCUT2D eigenvalue weighted by molar-refractivity contribution is 5.76. The topological polar surface area (TPSA) is 49.3 Å². The third-order valence-electron chi connectivity index (χ3n) is 4.66. The van der Waals surface area contributed by atoms with E-state index in [2.05, 4.69) is 31.3 Å². The van der Waals surface area contributed by atoms with Crippen LogP contribution in [0.1, 0.15) is 43.7 Å². The Morgan fingerprint density at radius 1 is 1.45 bits per heavy atom. The number of aliphatic hydroxyl groups is 1. The molecule has 1 aromatic carbocycles. The van der Waals surface area contributed by atoms with Crippen LogP contribution in [0.15, 0.2) is 24.3 Å². The summed E-state index contributed by atoms with van der Waals surface area (Å²) in [5.74, 6) is 0.0971. The molecule has 0 aromatic heterocycles. The minimum absolute atomic E-state index is 0.0971. The Labute approximate surface area is 121 Å². The molecule has 1 amide bonds. The summed E-state index contributed by atoms with van der Waals surface area (Å²) in [7, 11) is 0. The number of carbonyl (C=O) groups excluding carboxylic acids is 1. The fourth-order valence-electron chi connectivity index (χ4n) is 3.07. The lowest BCUT2D eigenvalue weighted by atomic mass is 9.85. The molecule has 0 bridgehead atoms. The van der Waals surface area contributed by atoms with Gasteiger partial charge in [0.2, 0.25) is 5.91 Å². The van der Waals surface area contributed by atoms with E-state index in [4.69, 9.17) is 0 Å². The van der Waals surface area contributed by atoms with Gasteiger partial charge in [0.05, 0.1) is 6.61 Å². The van der Waals surface area contributed by atoms with Crippen molar-refractivity contribution in [2.24, 2.45) is 5.41 Å². The van der Waals surface area contributed by atoms with Crippen molar-refractivity contribution in [1.82, 2.24) is 5.32 Å². The van der Waals surface area contributed by atoms with Crippen LogP contribution in [0, 0.1) is 12.3 Å². The molecule has 0 spiro atoms. The molecule has 0 aliphatic heterocycles. The zero-order chi connectivity index (χ0) is 14.6. The molecule has 3 nitrogen and oxygen atoms in total. The van der Waals surface area contributed by atoms with Gasteiger partial charge in [0.1, 0.15) is 0 Å². The molecular formula is C17H25NO2. The third-order valence-corrected chi connectivity index (χ3v) is 4.66. The van der Waals surface area contributed by atoms with Gasteiger partial charge in [-0.1, -0.05) is 37.6 Å². The van der Waals surface area contributed by atoms with Crippen molar-refractivity contribution < 1.29 is 9.90 Å². The van der Waals surface area contributed by atoms with Crippen molar-refractivity contribution in [3.05, 3.63) is 35.4 Å². The second-order valence-corrected chi connectivity index (χ2v) is 6.25. The van der Waals surface area contributed by atoms with Gasteiger partial charge in [-0.2, -0.15) is 0 Å². The van der Waals surface area contributed by atoms with Crippen molar-refractivity contribution in [2.45, 2.75) is 52.0 Å². The van der Waals surface area contributed by atoms with Gasteiger partial charge >= 0.3 is 0 Å². The molecule has 1 saturated carbocycles. The lowest BCUT2D eigenvalue weighted by Crippen LogP contribution is -2.44. The smallest absolute Gasteiger partial charge is 0.220 e. The molecule has 1 fully saturated rings. The van der Waals surface area contributed by atoms with Gasteiger partial charge in [0.25, 0.3) is 0 Å². The molecule has 1 aliphatic rings. The summed E-state index contributed by atoms with van der Waals surface area (Å²) in [4.78, 5) is 12.1. The van der Waals surface area contributed by atoms with E-state index >= 15 is 0 Å². The summed E-state index contributed by atoms with van der Waals surface area (Å²) < 4.78 is 0. The van der Waals surface area contributed by atoms with Gasteiger partial charge < -0.3 is 10.4 Å². The Morgan fingerprint density at radius 2 is 2.20 bits per heavy atom. The highest BCUT2D eigenvalue weighted by Crippen LogP contribution is 2.37. The molecule has 0 saturated heterocycles. The van der Waals surface area contributed by atoms with Crippen LogP contribution in [0.25, 0.3) is 0 Å². The molecule has 3 heteroatoms. The Hall–Kier alpha value is -1.35. The Balaban J connectivity index is 1.86. The molecule has 2 rings (SSSR count). The largest absolute Gasteiger partial charge is 0.396 e. The highest BCUT2D eigenvalue weighted by Gasteiger charge is 2.38. The molecule has 1 aliphatic carbocycles. The van der Waals surface area contributed by atoms with E-state index in [9.17, 15) is 9.90 Å². The number of hydrogen-bond acceptors (Lipinski definition) is 2. The van der Waals surface area contributed by atoms with Crippen molar-refractivity contribution >= 4 is 5.91 Å². The van der Waals surface area contributed by atoms with Gasteiger partial charge in [-0.05, 0) is 37.3 Å². The van der Waals surface area contributed by atoms with Crippen molar-refractivity contribution in [3.8, 4) is 0 Å². The molecule has 2 N–H and O–H groups in total. The second-order valence-electron chi connectivity index (χ2n) is 6.25. The van der Waals surface area contributed by atoms with Gasteiger partial charge in [-0.3, -0.25) is 4.79 Å². The lowest BCUT2D eigenvalue weighted by Gasteiger charge is -2.30.